The van der Waals surface area contributed by atoms with Gasteiger partial charge in [0.1, 0.15) is 6.61 Å². The molecule has 0 amide bonds. The number of hydrogen-bond donors (Lipinski definition) is 1. The van der Waals surface area contributed by atoms with Gasteiger partial charge in [-0.2, -0.15) is 0 Å². The van der Waals surface area contributed by atoms with Crippen LogP contribution in [-0.4, -0.2) is 32.7 Å². The zero-order valence-electron chi connectivity index (χ0n) is 7.06. The lowest BCUT2D eigenvalue weighted by molar-refractivity contribution is 0.00109. The minimum Gasteiger partial charge on any atom is -0.375 e. The molecule has 0 aliphatic carbocycles. The molecule has 0 aromatic heterocycles. The Labute approximate surface area is 71.3 Å². The van der Waals surface area contributed by atoms with Gasteiger partial charge in [-0.3, -0.25) is 0 Å². The lowest BCUT2D eigenvalue weighted by atomic mass is 10.0. The molecule has 1 N–H and O–H groups in total. The molecule has 2 nitrogen and oxygen atoms in total. The quantitative estimate of drug-likeness (QED) is 0.701. The van der Waals surface area contributed by atoms with Gasteiger partial charge in [0.2, 0.25) is 0 Å². The van der Waals surface area contributed by atoms with Gasteiger partial charge >= 0.3 is 0 Å². The van der Waals surface area contributed by atoms with Crippen molar-refractivity contribution in [3.8, 4) is 0 Å². The standard InChI is InChI=1S/C8H15F2NO/c9-8(10)6-12-5-7-2-1-3-11-4-7/h7-8,11H,1-6H2/t7-/m0/s1. The second-order valence-electron chi connectivity index (χ2n) is 3.14. The Morgan fingerprint density at radius 3 is 2.92 bits per heavy atom. The zero-order valence-corrected chi connectivity index (χ0v) is 7.06. The molecule has 1 fully saturated rings. The Balaban J connectivity index is 1.98. The minimum absolute atomic E-state index is 0.420. The Bertz CT molecular complexity index is 116. The number of hydrogen-bond acceptors (Lipinski definition) is 2. The van der Waals surface area contributed by atoms with Crippen molar-refractivity contribution in [3.63, 3.8) is 0 Å². The first-order valence-corrected chi connectivity index (χ1v) is 4.35. The van der Waals surface area contributed by atoms with Crippen LogP contribution in [-0.2, 0) is 4.74 Å². The normalized spacial score (nSPS) is 24.8. The van der Waals surface area contributed by atoms with Crippen LogP contribution in [0.25, 0.3) is 0 Å². The molecule has 12 heavy (non-hydrogen) atoms. The predicted octanol–water partition coefficient (Wildman–Crippen LogP) is 1.27. The van der Waals surface area contributed by atoms with Gasteiger partial charge in [0.05, 0.1) is 6.61 Å². The maximum absolute atomic E-state index is 11.6. The van der Waals surface area contributed by atoms with Crippen LogP contribution in [0.2, 0.25) is 0 Å². The molecule has 0 unspecified atom stereocenters. The van der Waals surface area contributed by atoms with Crippen LogP contribution in [0.3, 0.4) is 0 Å². The summed E-state index contributed by atoms with van der Waals surface area (Å²) in [4.78, 5) is 0. The van der Waals surface area contributed by atoms with Crippen LogP contribution in [0.15, 0.2) is 0 Å². The van der Waals surface area contributed by atoms with Crippen LogP contribution >= 0.6 is 0 Å². The second-order valence-corrected chi connectivity index (χ2v) is 3.14. The molecule has 1 aliphatic heterocycles. The van der Waals surface area contributed by atoms with Crippen molar-refractivity contribution in [1.82, 2.24) is 5.32 Å². The summed E-state index contributed by atoms with van der Waals surface area (Å²) in [5.41, 5.74) is 0. The fourth-order valence-corrected chi connectivity index (χ4v) is 1.39. The summed E-state index contributed by atoms with van der Waals surface area (Å²) in [6.45, 7) is 2.00. The monoisotopic (exact) mass is 179 g/mol. The number of piperidine rings is 1. The van der Waals surface area contributed by atoms with Crippen LogP contribution in [0.4, 0.5) is 8.78 Å². The highest BCUT2D eigenvalue weighted by Crippen LogP contribution is 2.10. The van der Waals surface area contributed by atoms with Crippen LogP contribution < -0.4 is 5.32 Å². The van der Waals surface area contributed by atoms with Crippen molar-refractivity contribution >= 4 is 0 Å². The van der Waals surface area contributed by atoms with E-state index in [1.807, 2.05) is 0 Å². The molecule has 72 valence electrons. The number of rotatable bonds is 4. The average Bonchev–Trinajstić information content (AvgIpc) is 2.05. The third-order valence-electron chi connectivity index (χ3n) is 2.00. The first kappa shape index (κ1) is 9.86. The van der Waals surface area contributed by atoms with Crippen LogP contribution in [0.1, 0.15) is 12.8 Å². The lowest BCUT2D eigenvalue weighted by Gasteiger charge is -2.22. The summed E-state index contributed by atoms with van der Waals surface area (Å²) in [5, 5.41) is 3.21. The molecule has 4 heteroatoms. The molecule has 0 spiro atoms. The van der Waals surface area contributed by atoms with Crippen molar-refractivity contribution in [2.45, 2.75) is 19.3 Å². The van der Waals surface area contributed by atoms with Gasteiger partial charge in [-0.1, -0.05) is 0 Å². The predicted molar refractivity (Wildman–Crippen MR) is 42.4 cm³/mol. The van der Waals surface area contributed by atoms with E-state index in [0.717, 1.165) is 25.9 Å². The topological polar surface area (TPSA) is 21.3 Å². The number of ether oxygens (including phenoxy) is 1. The number of nitrogens with one attached hydrogen (secondary N) is 1. The maximum atomic E-state index is 11.6. The molecular formula is C8H15F2NO. The molecule has 1 heterocycles. The fourth-order valence-electron chi connectivity index (χ4n) is 1.39. The van der Waals surface area contributed by atoms with E-state index in [0.29, 0.717) is 12.5 Å². The first-order valence-electron chi connectivity index (χ1n) is 4.35. The molecular weight excluding hydrogens is 164 g/mol. The summed E-state index contributed by atoms with van der Waals surface area (Å²) in [5.74, 6) is 0.428. The maximum Gasteiger partial charge on any atom is 0.261 e. The van der Waals surface area contributed by atoms with Gasteiger partial charge in [0, 0.05) is 6.54 Å². The van der Waals surface area contributed by atoms with E-state index in [1.54, 1.807) is 0 Å². The van der Waals surface area contributed by atoms with Crippen molar-refractivity contribution in [2.24, 2.45) is 5.92 Å². The zero-order chi connectivity index (χ0) is 8.81. The van der Waals surface area contributed by atoms with Crippen molar-refractivity contribution in [2.75, 3.05) is 26.3 Å². The molecule has 0 saturated carbocycles. The van der Waals surface area contributed by atoms with E-state index >= 15 is 0 Å². The third-order valence-corrected chi connectivity index (χ3v) is 2.00. The summed E-state index contributed by atoms with van der Waals surface area (Å²) < 4.78 is 28.1. The Hall–Kier alpha value is -0.220. The highest BCUT2D eigenvalue weighted by Gasteiger charge is 2.13. The van der Waals surface area contributed by atoms with Crippen molar-refractivity contribution in [3.05, 3.63) is 0 Å². The Morgan fingerprint density at radius 2 is 2.33 bits per heavy atom. The van der Waals surface area contributed by atoms with Crippen molar-refractivity contribution in [1.29, 1.82) is 0 Å². The van der Waals surface area contributed by atoms with Gasteiger partial charge in [-0.15, -0.1) is 0 Å². The molecule has 0 bridgehead atoms. The van der Waals surface area contributed by atoms with Crippen LogP contribution in [0, 0.1) is 5.92 Å². The fraction of sp³-hybridized carbons (Fsp3) is 1.00. The minimum atomic E-state index is -2.33. The second kappa shape index (κ2) is 5.43. The van der Waals surface area contributed by atoms with Gasteiger partial charge in [0.15, 0.2) is 0 Å². The Morgan fingerprint density at radius 1 is 1.50 bits per heavy atom. The molecule has 1 atom stereocenters. The SMILES string of the molecule is FC(F)COC[C@H]1CCCNC1. The third kappa shape index (κ3) is 3.97. The first-order chi connectivity index (χ1) is 5.79. The molecule has 0 radical (unpaired) electrons. The van der Waals surface area contributed by atoms with Crippen molar-refractivity contribution < 1.29 is 13.5 Å². The average molecular weight is 179 g/mol. The van der Waals surface area contributed by atoms with Crippen LogP contribution in [0.5, 0.6) is 0 Å². The van der Waals surface area contributed by atoms with E-state index in [2.05, 4.69) is 5.32 Å². The van der Waals surface area contributed by atoms with Gasteiger partial charge in [0.25, 0.3) is 6.43 Å². The van der Waals surface area contributed by atoms with Gasteiger partial charge < -0.3 is 10.1 Å². The van der Waals surface area contributed by atoms with E-state index < -0.39 is 13.0 Å². The molecule has 1 saturated heterocycles. The van der Waals surface area contributed by atoms with E-state index in [-0.39, 0.29) is 0 Å². The van der Waals surface area contributed by atoms with E-state index in [1.165, 1.54) is 0 Å². The highest BCUT2D eigenvalue weighted by atomic mass is 19.3. The molecule has 1 aliphatic rings. The van der Waals surface area contributed by atoms with E-state index in [9.17, 15) is 8.78 Å². The number of halogens is 2. The molecule has 0 aromatic rings. The van der Waals surface area contributed by atoms with Gasteiger partial charge in [-0.25, -0.2) is 8.78 Å². The Kier molecular flexibility index (Phi) is 4.46. The summed E-state index contributed by atoms with van der Waals surface area (Å²) in [7, 11) is 0. The smallest absolute Gasteiger partial charge is 0.261 e. The molecule has 1 rings (SSSR count). The highest BCUT2D eigenvalue weighted by molar-refractivity contribution is 4.68. The summed E-state index contributed by atoms with van der Waals surface area (Å²) in [6.07, 6.45) is -0.111. The lowest BCUT2D eigenvalue weighted by Crippen LogP contribution is -2.32. The number of alkyl halides is 2. The summed E-state index contributed by atoms with van der Waals surface area (Å²) in [6, 6.07) is 0. The largest absolute Gasteiger partial charge is 0.375 e. The molecule has 0 aromatic carbocycles. The van der Waals surface area contributed by atoms with Gasteiger partial charge in [-0.05, 0) is 25.3 Å². The van der Waals surface area contributed by atoms with E-state index in [4.69, 9.17) is 4.74 Å². The summed E-state index contributed by atoms with van der Waals surface area (Å²) >= 11 is 0.